The topological polar surface area (TPSA) is 46.6 Å². The molecule has 0 atom stereocenters. The van der Waals surface area contributed by atoms with Crippen molar-refractivity contribution in [1.29, 1.82) is 0 Å². The van der Waals surface area contributed by atoms with Gasteiger partial charge >= 0.3 is 0 Å². The highest BCUT2D eigenvalue weighted by atomic mass is 32.2. The first-order valence-corrected chi connectivity index (χ1v) is 9.24. The zero-order valence-electron chi connectivity index (χ0n) is 14.9. The number of allylic oxidation sites excluding steroid dienone is 2. The highest BCUT2D eigenvalue weighted by Gasteiger charge is 2.22. The Morgan fingerprint density at radius 2 is 1.75 bits per heavy atom. The molecule has 24 heavy (non-hydrogen) atoms. The van der Waals surface area contributed by atoms with Crippen LogP contribution in [0.15, 0.2) is 66.1 Å². The second-order valence-corrected chi connectivity index (χ2v) is 7.95. The molecule has 132 valence electrons. The van der Waals surface area contributed by atoms with Gasteiger partial charge in [0, 0.05) is 20.2 Å². The first-order chi connectivity index (χ1) is 11.2. The minimum Gasteiger partial charge on any atom is -0.375 e. The molecular formula is C19H27NO3S. The minimum atomic E-state index is -3.57. The van der Waals surface area contributed by atoms with E-state index >= 15 is 0 Å². The molecule has 0 amide bonds. The number of benzene rings is 1. The molecule has 0 radical (unpaired) electrons. The van der Waals surface area contributed by atoms with Gasteiger partial charge in [0.2, 0.25) is 10.0 Å². The van der Waals surface area contributed by atoms with Crippen LogP contribution in [-0.2, 0) is 14.8 Å². The number of methoxy groups -OCH3 is 1. The normalized spacial score (nSPS) is 13.2. The Kier molecular flexibility index (Phi) is 7.60. The smallest absolute Gasteiger partial charge is 0.243 e. The van der Waals surface area contributed by atoms with E-state index in [0.29, 0.717) is 4.90 Å². The molecule has 4 nitrogen and oxygen atoms in total. The van der Waals surface area contributed by atoms with Gasteiger partial charge in [0.25, 0.3) is 0 Å². The van der Waals surface area contributed by atoms with Crippen molar-refractivity contribution >= 4 is 10.0 Å². The van der Waals surface area contributed by atoms with E-state index in [-0.39, 0.29) is 13.1 Å². The zero-order chi connectivity index (χ0) is 18.2. The number of hydrogen-bond acceptors (Lipinski definition) is 3. The van der Waals surface area contributed by atoms with Crippen LogP contribution in [0, 0.1) is 6.92 Å². The van der Waals surface area contributed by atoms with Crippen LogP contribution in [-0.4, -0.2) is 38.5 Å². The van der Waals surface area contributed by atoms with Gasteiger partial charge in [0.1, 0.15) is 0 Å². The van der Waals surface area contributed by atoms with Crippen molar-refractivity contribution in [2.75, 3.05) is 20.2 Å². The molecule has 0 saturated carbocycles. The fourth-order valence-corrected chi connectivity index (χ4v) is 3.27. The predicted molar refractivity (Wildman–Crippen MR) is 99.5 cm³/mol. The highest BCUT2D eigenvalue weighted by molar-refractivity contribution is 7.89. The number of nitrogens with zero attached hydrogens (tertiary/aromatic N) is 1. The fourth-order valence-electron chi connectivity index (χ4n) is 1.93. The van der Waals surface area contributed by atoms with Crippen molar-refractivity contribution in [3.63, 3.8) is 0 Å². The van der Waals surface area contributed by atoms with Crippen molar-refractivity contribution in [3.05, 3.63) is 66.8 Å². The standard InChI is InChI=1S/C19H27NO3S/c1-6-7-8-15-20(16-9-14-19(3,4)23-5)24(21,22)18-12-10-17(2)11-13-18/h6-14H,1,15-16H2,2-5H3/b8-7+,14-9+. The van der Waals surface area contributed by atoms with E-state index in [1.807, 2.05) is 32.9 Å². The van der Waals surface area contributed by atoms with Crippen molar-refractivity contribution < 1.29 is 13.2 Å². The number of rotatable bonds is 9. The van der Waals surface area contributed by atoms with Crippen LogP contribution < -0.4 is 0 Å². The molecule has 0 N–H and O–H groups in total. The molecule has 0 aliphatic rings. The molecular weight excluding hydrogens is 322 g/mol. The average Bonchev–Trinajstić information content (AvgIpc) is 2.54. The van der Waals surface area contributed by atoms with Crippen molar-refractivity contribution in [2.24, 2.45) is 0 Å². The van der Waals surface area contributed by atoms with Crippen molar-refractivity contribution in [2.45, 2.75) is 31.3 Å². The molecule has 1 aromatic rings. The molecule has 1 rings (SSSR count). The molecule has 0 spiro atoms. The zero-order valence-corrected chi connectivity index (χ0v) is 15.7. The van der Waals surface area contributed by atoms with E-state index in [2.05, 4.69) is 6.58 Å². The third kappa shape index (κ3) is 6.07. The van der Waals surface area contributed by atoms with E-state index in [1.54, 1.807) is 49.6 Å². The second-order valence-electron chi connectivity index (χ2n) is 6.01. The second kappa shape index (κ2) is 8.97. The van der Waals surface area contributed by atoms with E-state index in [0.717, 1.165) is 5.56 Å². The summed E-state index contributed by atoms with van der Waals surface area (Å²) in [5, 5.41) is 0. The monoisotopic (exact) mass is 349 g/mol. The van der Waals surface area contributed by atoms with E-state index in [9.17, 15) is 8.42 Å². The van der Waals surface area contributed by atoms with E-state index in [1.165, 1.54) is 4.31 Å². The maximum atomic E-state index is 12.9. The summed E-state index contributed by atoms with van der Waals surface area (Å²) in [5.74, 6) is 0. The van der Waals surface area contributed by atoms with Gasteiger partial charge in [-0.2, -0.15) is 4.31 Å². The molecule has 0 heterocycles. The van der Waals surface area contributed by atoms with Gasteiger partial charge in [-0.05, 0) is 32.9 Å². The van der Waals surface area contributed by atoms with Crippen LogP contribution in [0.5, 0.6) is 0 Å². The lowest BCUT2D eigenvalue weighted by Gasteiger charge is -2.21. The maximum Gasteiger partial charge on any atom is 0.243 e. The van der Waals surface area contributed by atoms with E-state index < -0.39 is 15.6 Å². The number of hydrogen-bond donors (Lipinski definition) is 0. The SMILES string of the molecule is C=C/C=C/CN(C/C=C/C(C)(C)OC)S(=O)(=O)c1ccc(C)cc1. The molecule has 0 aliphatic heterocycles. The number of ether oxygens (including phenoxy) is 1. The first kappa shape index (κ1) is 20.4. The van der Waals surface area contributed by atoms with Crippen LogP contribution in [0.25, 0.3) is 0 Å². The number of sulfonamides is 1. The summed E-state index contributed by atoms with van der Waals surface area (Å²) in [5.41, 5.74) is 0.588. The lowest BCUT2D eigenvalue weighted by atomic mass is 10.1. The molecule has 5 heteroatoms. The predicted octanol–water partition coefficient (Wildman–Crippen LogP) is 3.71. The van der Waals surface area contributed by atoms with Crippen LogP contribution >= 0.6 is 0 Å². The van der Waals surface area contributed by atoms with Gasteiger partial charge in [-0.3, -0.25) is 0 Å². The third-order valence-electron chi connectivity index (χ3n) is 3.59. The van der Waals surface area contributed by atoms with Gasteiger partial charge in [-0.25, -0.2) is 8.42 Å². The van der Waals surface area contributed by atoms with Gasteiger partial charge in [0.15, 0.2) is 0 Å². The Morgan fingerprint density at radius 3 is 2.29 bits per heavy atom. The van der Waals surface area contributed by atoms with Crippen LogP contribution in [0.2, 0.25) is 0 Å². The lowest BCUT2D eigenvalue weighted by Crippen LogP contribution is -2.32. The largest absolute Gasteiger partial charge is 0.375 e. The van der Waals surface area contributed by atoms with Gasteiger partial charge in [-0.1, -0.05) is 54.7 Å². The van der Waals surface area contributed by atoms with Crippen LogP contribution in [0.4, 0.5) is 0 Å². The van der Waals surface area contributed by atoms with E-state index in [4.69, 9.17) is 4.74 Å². The summed E-state index contributed by atoms with van der Waals surface area (Å²) in [7, 11) is -1.94. The molecule has 0 saturated heterocycles. The quantitative estimate of drug-likeness (QED) is 0.504. The van der Waals surface area contributed by atoms with Crippen LogP contribution in [0.3, 0.4) is 0 Å². The Hall–Kier alpha value is -1.69. The Labute approximate surface area is 146 Å². The van der Waals surface area contributed by atoms with Gasteiger partial charge in [-0.15, -0.1) is 0 Å². The van der Waals surface area contributed by atoms with Crippen LogP contribution in [0.1, 0.15) is 19.4 Å². The Morgan fingerprint density at radius 1 is 1.17 bits per heavy atom. The highest BCUT2D eigenvalue weighted by Crippen LogP contribution is 2.17. The van der Waals surface area contributed by atoms with Crippen molar-refractivity contribution in [1.82, 2.24) is 4.31 Å². The summed E-state index contributed by atoms with van der Waals surface area (Å²) >= 11 is 0. The third-order valence-corrected chi connectivity index (χ3v) is 5.44. The first-order valence-electron chi connectivity index (χ1n) is 7.80. The number of aryl methyl sites for hydroxylation is 1. The van der Waals surface area contributed by atoms with Crippen molar-refractivity contribution in [3.8, 4) is 0 Å². The maximum absolute atomic E-state index is 12.9. The summed E-state index contributed by atoms with van der Waals surface area (Å²) in [4.78, 5) is 0.291. The fraction of sp³-hybridized carbons (Fsp3) is 0.368. The molecule has 0 unspecified atom stereocenters. The molecule has 1 aromatic carbocycles. The van der Waals surface area contributed by atoms with Gasteiger partial charge < -0.3 is 4.74 Å². The molecule has 0 aliphatic carbocycles. The van der Waals surface area contributed by atoms with Gasteiger partial charge in [0.05, 0.1) is 10.5 Å². The summed E-state index contributed by atoms with van der Waals surface area (Å²) in [6, 6.07) is 6.87. The Balaban J connectivity index is 3.05. The minimum absolute atomic E-state index is 0.268. The summed E-state index contributed by atoms with van der Waals surface area (Å²) in [6.45, 7) is 9.91. The molecule has 0 fully saturated rings. The average molecular weight is 349 g/mol. The molecule has 0 aromatic heterocycles. The lowest BCUT2D eigenvalue weighted by molar-refractivity contribution is 0.0653. The summed E-state index contributed by atoms with van der Waals surface area (Å²) < 4.78 is 32.5. The summed E-state index contributed by atoms with van der Waals surface area (Å²) in [6.07, 6.45) is 8.81. The Bertz CT molecular complexity index is 686. The molecule has 0 bridgehead atoms.